The maximum Gasteiger partial charge on any atom is 0.261 e. The van der Waals surface area contributed by atoms with Crippen molar-refractivity contribution >= 4 is 50.7 Å². The second-order valence-corrected chi connectivity index (χ2v) is 8.91. The van der Waals surface area contributed by atoms with Gasteiger partial charge in [-0.2, -0.15) is 0 Å². The first-order valence-electron chi connectivity index (χ1n) is 9.65. The van der Waals surface area contributed by atoms with Crippen molar-refractivity contribution in [2.24, 2.45) is 0 Å². The summed E-state index contributed by atoms with van der Waals surface area (Å²) in [6, 6.07) is 18.9. The molecular formula is C23H19BrN2O4S. The number of benzene rings is 2. The van der Waals surface area contributed by atoms with Gasteiger partial charge < -0.3 is 9.64 Å². The van der Waals surface area contributed by atoms with Crippen molar-refractivity contribution in [2.75, 3.05) is 11.5 Å². The summed E-state index contributed by atoms with van der Waals surface area (Å²) >= 11 is 4.85. The fourth-order valence-electron chi connectivity index (χ4n) is 3.41. The minimum atomic E-state index is -0.870. The van der Waals surface area contributed by atoms with Gasteiger partial charge >= 0.3 is 0 Å². The van der Waals surface area contributed by atoms with Gasteiger partial charge in [0.15, 0.2) is 6.61 Å². The Morgan fingerprint density at radius 2 is 1.81 bits per heavy atom. The van der Waals surface area contributed by atoms with E-state index in [1.165, 1.54) is 16.2 Å². The van der Waals surface area contributed by atoms with E-state index in [0.29, 0.717) is 11.4 Å². The summed E-state index contributed by atoms with van der Waals surface area (Å²) in [5.74, 6) is -0.513. The molecule has 1 saturated heterocycles. The van der Waals surface area contributed by atoms with Crippen LogP contribution in [0.3, 0.4) is 0 Å². The molecule has 1 aromatic heterocycles. The average Bonchev–Trinajstić information content (AvgIpc) is 3.39. The third-order valence-corrected chi connectivity index (χ3v) is 6.31. The molecule has 1 fully saturated rings. The van der Waals surface area contributed by atoms with Crippen molar-refractivity contribution in [1.82, 2.24) is 4.90 Å². The summed E-state index contributed by atoms with van der Waals surface area (Å²) < 4.78 is 6.46. The van der Waals surface area contributed by atoms with Crippen molar-refractivity contribution in [3.8, 4) is 5.75 Å². The van der Waals surface area contributed by atoms with Crippen LogP contribution in [-0.4, -0.2) is 35.3 Å². The molecule has 2 aromatic carbocycles. The van der Waals surface area contributed by atoms with Gasteiger partial charge in [0.05, 0.1) is 18.7 Å². The van der Waals surface area contributed by atoms with Gasteiger partial charge in [-0.05, 0) is 47.8 Å². The molecule has 4 rings (SSSR count). The van der Waals surface area contributed by atoms with E-state index in [0.717, 1.165) is 14.2 Å². The van der Waals surface area contributed by atoms with Gasteiger partial charge in [0.25, 0.3) is 11.8 Å². The lowest BCUT2D eigenvalue weighted by molar-refractivity contribution is -0.140. The van der Waals surface area contributed by atoms with E-state index in [-0.39, 0.29) is 31.4 Å². The van der Waals surface area contributed by atoms with Crippen LogP contribution >= 0.6 is 27.3 Å². The van der Waals surface area contributed by atoms with E-state index in [1.54, 1.807) is 36.4 Å². The van der Waals surface area contributed by atoms with E-state index >= 15 is 0 Å². The molecule has 0 saturated carbocycles. The number of carbonyl (C=O) groups is 3. The Bertz CT molecular complexity index is 1070. The van der Waals surface area contributed by atoms with Crippen molar-refractivity contribution in [2.45, 2.75) is 19.0 Å². The van der Waals surface area contributed by atoms with Gasteiger partial charge in [-0.15, -0.1) is 11.3 Å². The Labute approximate surface area is 192 Å². The Morgan fingerprint density at radius 3 is 2.48 bits per heavy atom. The number of amides is 3. The largest absolute Gasteiger partial charge is 0.484 e. The summed E-state index contributed by atoms with van der Waals surface area (Å²) in [5, 5.41) is 1.91. The molecule has 0 radical (unpaired) electrons. The van der Waals surface area contributed by atoms with Crippen LogP contribution in [0, 0.1) is 0 Å². The number of nitrogens with zero attached hydrogens (tertiary/aromatic N) is 2. The number of imide groups is 1. The van der Waals surface area contributed by atoms with Crippen LogP contribution in [0.5, 0.6) is 5.75 Å². The number of carbonyl (C=O) groups excluding carboxylic acids is 3. The summed E-state index contributed by atoms with van der Waals surface area (Å²) in [6.07, 6.45) is -0.0582. The van der Waals surface area contributed by atoms with E-state index in [9.17, 15) is 14.4 Å². The van der Waals surface area contributed by atoms with Gasteiger partial charge in [-0.1, -0.05) is 40.2 Å². The molecule has 8 heteroatoms. The number of ether oxygens (including phenoxy) is 1. The first-order chi connectivity index (χ1) is 15.0. The number of rotatable bonds is 7. The molecule has 6 nitrogen and oxygen atoms in total. The zero-order valence-corrected chi connectivity index (χ0v) is 18.8. The third kappa shape index (κ3) is 4.86. The van der Waals surface area contributed by atoms with E-state index < -0.39 is 11.9 Å². The lowest BCUT2D eigenvalue weighted by Crippen LogP contribution is -2.46. The molecule has 1 aliphatic heterocycles. The Balaban J connectivity index is 1.55. The van der Waals surface area contributed by atoms with E-state index in [1.807, 2.05) is 35.7 Å². The van der Waals surface area contributed by atoms with Gasteiger partial charge in [0.2, 0.25) is 5.91 Å². The minimum absolute atomic E-state index is 0.0582. The zero-order chi connectivity index (χ0) is 21.8. The zero-order valence-electron chi connectivity index (χ0n) is 16.4. The predicted molar refractivity (Wildman–Crippen MR) is 122 cm³/mol. The molecule has 31 heavy (non-hydrogen) atoms. The number of thiophene rings is 1. The fourth-order valence-corrected chi connectivity index (χ4v) is 4.38. The standard InChI is InChI=1S/C23H19BrN2O4S/c24-16-8-10-17(11-9-16)26-21(27)13-20(23(26)29)25(14-19-7-4-12-31-19)22(28)15-30-18-5-2-1-3-6-18/h1-12,20H,13-15H2. The first-order valence-corrected chi connectivity index (χ1v) is 11.3. The lowest BCUT2D eigenvalue weighted by atomic mass is 10.2. The van der Waals surface area contributed by atoms with Crippen LogP contribution in [-0.2, 0) is 20.9 Å². The van der Waals surface area contributed by atoms with Crippen LogP contribution in [0.15, 0.2) is 76.6 Å². The second kappa shape index (κ2) is 9.45. The normalized spacial score (nSPS) is 15.9. The molecule has 2 heterocycles. The van der Waals surface area contributed by atoms with E-state index in [4.69, 9.17) is 4.74 Å². The number of anilines is 1. The highest BCUT2D eigenvalue weighted by Gasteiger charge is 2.44. The number of para-hydroxylation sites is 1. The molecule has 3 aromatic rings. The van der Waals surface area contributed by atoms with Gasteiger partial charge in [-0.25, -0.2) is 4.90 Å². The molecular weight excluding hydrogens is 480 g/mol. The smallest absolute Gasteiger partial charge is 0.261 e. The quantitative estimate of drug-likeness (QED) is 0.456. The summed E-state index contributed by atoms with van der Waals surface area (Å²) in [6.45, 7) is 0.0259. The van der Waals surface area contributed by atoms with Crippen LogP contribution in [0.1, 0.15) is 11.3 Å². The van der Waals surface area contributed by atoms with Crippen molar-refractivity contribution < 1.29 is 19.1 Å². The fraction of sp³-hybridized carbons (Fsp3) is 0.174. The molecule has 158 valence electrons. The summed E-state index contributed by atoms with van der Waals surface area (Å²) in [5.41, 5.74) is 0.491. The SMILES string of the molecule is O=C1CC(N(Cc2cccs2)C(=O)COc2ccccc2)C(=O)N1c1ccc(Br)cc1. The number of hydrogen-bond donors (Lipinski definition) is 0. The highest BCUT2D eigenvalue weighted by atomic mass is 79.9. The molecule has 3 amide bonds. The van der Waals surface area contributed by atoms with Crippen LogP contribution < -0.4 is 9.64 Å². The lowest BCUT2D eigenvalue weighted by Gasteiger charge is -2.27. The van der Waals surface area contributed by atoms with Gasteiger partial charge in [-0.3, -0.25) is 14.4 Å². The van der Waals surface area contributed by atoms with Crippen LogP contribution in [0.4, 0.5) is 5.69 Å². The van der Waals surface area contributed by atoms with Crippen LogP contribution in [0.25, 0.3) is 0 Å². The molecule has 0 N–H and O–H groups in total. The van der Waals surface area contributed by atoms with Crippen molar-refractivity contribution in [3.63, 3.8) is 0 Å². The Kier molecular flexibility index (Phi) is 6.48. The van der Waals surface area contributed by atoms with Gasteiger partial charge in [0, 0.05) is 9.35 Å². The molecule has 0 bridgehead atoms. The maximum atomic E-state index is 13.2. The monoisotopic (exact) mass is 498 g/mol. The highest BCUT2D eigenvalue weighted by Crippen LogP contribution is 2.28. The topological polar surface area (TPSA) is 66.9 Å². The Morgan fingerprint density at radius 1 is 1.06 bits per heavy atom. The summed E-state index contributed by atoms with van der Waals surface area (Å²) in [7, 11) is 0. The van der Waals surface area contributed by atoms with Crippen molar-refractivity contribution in [3.05, 3.63) is 81.5 Å². The number of halogens is 1. The number of hydrogen-bond acceptors (Lipinski definition) is 5. The highest BCUT2D eigenvalue weighted by molar-refractivity contribution is 9.10. The summed E-state index contributed by atoms with van der Waals surface area (Å²) in [4.78, 5) is 42.6. The second-order valence-electron chi connectivity index (χ2n) is 6.97. The van der Waals surface area contributed by atoms with E-state index in [2.05, 4.69) is 15.9 Å². The molecule has 0 aliphatic carbocycles. The van der Waals surface area contributed by atoms with Crippen LogP contribution in [0.2, 0.25) is 0 Å². The first kappa shape index (κ1) is 21.3. The maximum absolute atomic E-state index is 13.2. The molecule has 0 spiro atoms. The van der Waals surface area contributed by atoms with Gasteiger partial charge in [0.1, 0.15) is 11.8 Å². The Hall–Kier alpha value is -2.97. The molecule has 1 unspecified atom stereocenters. The molecule has 1 aliphatic rings. The molecule has 1 atom stereocenters. The van der Waals surface area contributed by atoms with Crippen molar-refractivity contribution in [1.29, 1.82) is 0 Å². The third-order valence-electron chi connectivity index (χ3n) is 4.92. The minimum Gasteiger partial charge on any atom is -0.484 e. The average molecular weight is 499 g/mol. The predicted octanol–water partition coefficient (Wildman–Crippen LogP) is 4.25.